The zero-order valence-electron chi connectivity index (χ0n) is 24.7. The molecule has 44 heavy (non-hydrogen) atoms. The number of benzene rings is 3. The monoisotopic (exact) mass is 631 g/mol. The van der Waals surface area contributed by atoms with E-state index in [1.54, 1.807) is 60.9 Å². The zero-order chi connectivity index (χ0) is 31.5. The van der Waals surface area contributed by atoms with Crippen molar-refractivity contribution in [3.05, 3.63) is 94.5 Å². The summed E-state index contributed by atoms with van der Waals surface area (Å²) in [4.78, 5) is 33.6. The summed E-state index contributed by atoms with van der Waals surface area (Å²) < 4.78 is 36.7. The molecule has 10 nitrogen and oxygen atoms in total. The van der Waals surface area contributed by atoms with Crippen LogP contribution < -0.4 is 4.72 Å². The van der Waals surface area contributed by atoms with E-state index in [9.17, 15) is 23.3 Å². The van der Waals surface area contributed by atoms with Gasteiger partial charge in [-0.05, 0) is 75.2 Å². The Morgan fingerprint density at radius 1 is 1.00 bits per heavy atom. The van der Waals surface area contributed by atoms with Crippen molar-refractivity contribution in [1.29, 1.82) is 5.26 Å². The number of carbonyl (C=O) groups is 2. The Labute approximate surface area is 260 Å². The summed E-state index contributed by atoms with van der Waals surface area (Å²) in [6, 6.07) is 22.0. The van der Waals surface area contributed by atoms with Crippen LogP contribution in [-0.4, -0.2) is 67.0 Å². The van der Waals surface area contributed by atoms with Gasteiger partial charge in [0.15, 0.2) is 0 Å². The lowest BCUT2D eigenvalue weighted by Gasteiger charge is -2.35. The number of hydrogen-bond donors (Lipinski definition) is 1. The van der Waals surface area contributed by atoms with Gasteiger partial charge in [0.25, 0.3) is 5.91 Å². The normalized spacial score (nSPS) is 14.7. The van der Waals surface area contributed by atoms with Crippen molar-refractivity contribution < 1.29 is 22.7 Å². The van der Waals surface area contributed by atoms with Gasteiger partial charge in [0.2, 0.25) is 10.0 Å². The molecule has 228 valence electrons. The van der Waals surface area contributed by atoms with Crippen molar-refractivity contribution in [2.75, 3.05) is 26.2 Å². The van der Waals surface area contributed by atoms with Crippen LogP contribution in [0.2, 0.25) is 0 Å². The number of sulfonamides is 1. The average Bonchev–Trinajstić information content (AvgIpc) is 3.44. The SMILES string of the molecule is CC(C)(C)OC(=O)N1CCN(C(=O)c2cccc(S(=O)(=O)NC(Cc3cccc(C#N)c3)c3nc4ccccc4s3)c2)CC1. The first kappa shape index (κ1) is 31.1. The standard InChI is InChI=1S/C32H33N5O5S2/c1-32(2,3)42-31(39)37-16-14-36(15-17-37)30(38)24-10-7-11-25(20-24)44(40,41)35-27(19-22-8-6-9-23(18-22)21-33)29-34-26-12-4-5-13-28(26)43-29/h4-13,18,20,27,35H,14-17,19H2,1-3H3. The van der Waals surface area contributed by atoms with Crippen LogP contribution in [0, 0.1) is 11.3 Å². The molecule has 0 saturated carbocycles. The number of rotatable bonds is 7. The van der Waals surface area contributed by atoms with Gasteiger partial charge in [0.05, 0.1) is 32.8 Å². The zero-order valence-corrected chi connectivity index (χ0v) is 26.3. The van der Waals surface area contributed by atoms with E-state index in [0.717, 1.165) is 15.8 Å². The molecule has 1 unspecified atom stereocenters. The number of carbonyl (C=O) groups excluding carboxylic acids is 2. The van der Waals surface area contributed by atoms with Crippen LogP contribution in [-0.2, 0) is 21.2 Å². The molecule has 1 saturated heterocycles. The fraction of sp³-hybridized carbons (Fsp3) is 0.312. The predicted molar refractivity (Wildman–Crippen MR) is 168 cm³/mol. The van der Waals surface area contributed by atoms with Gasteiger partial charge in [-0.25, -0.2) is 22.9 Å². The van der Waals surface area contributed by atoms with Crippen molar-refractivity contribution in [2.45, 2.75) is 43.7 Å². The molecule has 1 N–H and O–H groups in total. The Kier molecular flexibility index (Phi) is 9.01. The summed E-state index contributed by atoms with van der Waals surface area (Å²) in [6.45, 7) is 6.63. The van der Waals surface area contributed by atoms with Gasteiger partial charge in [-0.2, -0.15) is 5.26 Å². The Morgan fingerprint density at radius 2 is 1.70 bits per heavy atom. The second-order valence-corrected chi connectivity index (χ2v) is 14.3. The summed E-state index contributed by atoms with van der Waals surface area (Å²) in [6.07, 6.45) is -0.152. The number of para-hydroxylation sites is 1. The maximum absolute atomic E-state index is 13.8. The summed E-state index contributed by atoms with van der Waals surface area (Å²) in [5, 5.41) is 9.95. The summed E-state index contributed by atoms with van der Waals surface area (Å²) in [5.41, 5.74) is 1.65. The maximum atomic E-state index is 13.8. The number of nitrogens with one attached hydrogen (secondary N) is 1. The lowest BCUT2D eigenvalue weighted by atomic mass is 10.0. The molecular weight excluding hydrogens is 599 g/mol. The number of aromatic nitrogens is 1. The molecule has 12 heteroatoms. The van der Waals surface area contributed by atoms with Crippen molar-refractivity contribution in [1.82, 2.24) is 19.5 Å². The van der Waals surface area contributed by atoms with E-state index in [4.69, 9.17) is 9.72 Å². The third kappa shape index (κ3) is 7.42. The van der Waals surface area contributed by atoms with E-state index in [2.05, 4.69) is 10.8 Å². The molecule has 0 radical (unpaired) electrons. The minimum absolute atomic E-state index is 0.0485. The molecule has 2 heterocycles. The van der Waals surface area contributed by atoms with Gasteiger partial charge >= 0.3 is 6.09 Å². The van der Waals surface area contributed by atoms with E-state index in [1.807, 2.05) is 30.3 Å². The van der Waals surface area contributed by atoms with Crippen molar-refractivity contribution in [2.24, 2.45) is 0 Å². The summed E-state index contributed by atoms with van der Waals surface area (Å²) in [5.74, 6) is -0.318. The average molecular weight is 632 g/mol. The van der Waals surface area contributed by atoms with Crippen LogP contribution in [0.3, 0.4) is 0 Å². The Bertz CT molecular complexity index is 1800. The Morgan fingerprint density at radius 3 is 2.41 bits per heavy atom. The van der Waals surface area contributed by atoms with Crippen molar-refractivity contribution >= 4 is 43.6 Å². The molecule has 1 atom stereocenters. The Balaban J connectivity index is 1.35. The smallest absolute Gasteiger partial charge is 0.410 e. The molecule has 0 aliphatic carbocycles. The fourth-order valence-corrected chi connectivity index (χ4v) is 7.21. The van der Waals surface area contributed by atoms with Gasteiger partial charge in [-0.3, -0.25) is 4.79 Å². The number of fused-ring (bicyclic) bond motifs is 1. The van der Waals surface area contributed by atoms with E-state index in [-0.39, 0.29) is 22.8 Å². The van der Waals surface area contributed by atoms with Crippen molar-refractivity contribution in [3.63, 3.8) is 0 Å². The fourth-order valence-electron chi connectivity index (χ4n) is 4.87. The van der Waals surface area contributed by atoms with Gasteiger partial charge in [-0.15, -0.1) is 11.3 Å². The first-order valence-corrected chi connectivity index (χ1v) is 16.5. The molecular formula is C32H33N5O5S2. The largest absolute Gasteiger partial charge is 0.444 e. The highest BCUT2D eigenvalue weighted by Crippen LogP contribution is 2.30. The first-order chi connectivity index (χ1) is 20.9. The minimum atomic E-state index is -4.09. The molecule has 1 aliphatic rings. The number of hydrogen-bond acceptors (Lipinski definition) is 8. The minimum Gasteiger partial charge on any atom is -0.444 e. The predicted octanol–water partition coefficient (Wildman–Crippen LogP) is 5.12. The van der Waals surface area contributed by atoms with E-state index in [1.165, 1.54) is 23.5 Å². The van der Waals surface area contributed by atoms with E-state index >= 15 is 0 Å². The highest BCUT2D eigenvalue weighted by atomic mass is 32.2. The number of nitrogens with zero attached hydrogens (tertiary/aromatic N) is 4. The van der Waals surface area contributed by atoms with Crippen LogP contribution in [0.25, 0.3) is 10.2 Å². The topological polar surface area (TPSA) is 133 Å². The van der Waals surface area contributed by atoms with Gasteiger partial charge in [-0.1, -0.05) is 30.3 Å². The molecule has 1 fully saturated rings. The molecule has 0 bridgehead atoms. The highest BCUT2D eigenvalue weighted by molar-refractivity contribution is 7.89. The molecule has 4 aromatic rings. The molecule has 5 rings (SSSR count). The lowest BCUT2D eigenvalue weighted by molar-refractivity contribution is 0.0141. The second kappa shape index (κ2) is 12.7. The summed E-state index contributed by atoms with van der Waals surface area (Å²) in [7, 11) is -4.09. The van der Waals surface area contributed by atoms with E-state index < -0.39 is 27.8 Å². The molecule has 1 aliphatic heterocycles. The second-order valence-electron chi connectivity index (χ2n) is 11.5. The van der Waals surface area contributed by atoms with Crippen molar-refractivity contribution in [3.8, 4) is 6.07 Å². The van der Waals surface area contributed by atoms with Gasteiger partial charge in [0.1, 0.15) is 10.6 Å². The van der Waals surface area contributed by atoms with Gasteiger partial charge in [0, 0.05) is 31.7 Å². The van der Waals surface area contributed by atoms with Crippen LogP contribution in [0.15, 0.2) is 77.7 Å². The third-order valence-corrected chi connectivity index (χ3v) is 9.63. The lowest BCUT2D eigenvalue weighted by Crippen LogP contribution is -2.51. The number of nitriles is 1. The maximum Gasteiger partial charge on any atom is 0.410 e. The number of thiazole rings is 1. The number of amides is 2. The summed E-state index contributed by atoms with van der Waals surface area (Å²) >= 11 is 1.40. The quantitative estimate of drug-likeness (QED) is 0.299. The molecule has 0 spiro atoms. The number of piperazine rings is 1. The molecule has 2 amide bonds. The Hall–Kier alpha value is -4.31. The van der Waals surface area contributed by atoms with Crippen LogP contribution in [0.5, 0.6) is 0 Å². The van der Waals surface area contributed by atoms with Gasteiger partial charge < -0.3 is 14.5 Å². The first-order valence-electron chi connectivity index (χ1n) is 14.2. The van der Waals surface area contributed by atoms with Crippen LogP contribution >= 0.6 is 11.3 Å². The molecule has 1 aromatic heterocycles. The van der Waals surface area contributed by atoms with E-state index in [0.29, 0.717) is 36.8 Å². The number of ether oxygens (including phenoxy) is 1. The highest BCUT2D eigenvalue weighted by Gasteiger charge is 2.29. The van der Waals surface area contributed by atoms with Crippen LogP contribution in [0.1, 0.15) is 53.3 Å². The third-order valence-electron chi connectivity index (χ3n) is 7.01. The molecule has 3 aromatic carbocycles. The van der Waals surface area contributed by atoms with Crippen LogP contribution in [0.4, 0.5) is 4.79 Å².